The number of carbonyl (C=O) groups is 1. The molecule has 0 aliphatic carbocycles. The van der Waals surface area contributed by atoms with Crippen molar-refractivity contribution in [3.05, 3.63) is 17.5 Å². The van der Waals surface area contributed by atoms with Gasteiger partial charge in [0.1, 0.15) is 0 Å². The van der Waals surface area contributed by atoms with E-state index in [4.69, 9.17) is 11.5 Å². The lowest BCUT2D eigenvalue weighted by atomic mass is 10.2. The number of nitrogens with zero attached hydrogens (tertiary/aromatic N) is 1. The summed E-state index contributed by atoms with van der Waals surface area (Å²) in [6.07, 6.45) is -3.92. The van der Waals surface area contributed by atoms with Gasteiger partial charge in [-0.05, 0) is 0 Å². The lowest BCUT2D eigenvalue weighted by Crippen LogP contribution is -2.22. The molecular formula is C9H10F3N3O3. The molecule has 0 saturated carbocycles. The Kier molecular flexibility index (Phi) is 3.96. The molecule has 0 bridgehead atoms. The Balaban J connectivity index is 3.35. The van der Waals surface area contributed by atoms with Gasteiger partial charge in [-0.2, -0.15) is 0 Å². The Morgan fingerprint density at radius 2 is 2.11 bits per heavy atom. The van der Waals surface area contributed by atoms with Crippen molar-refractivity contribution in [2.45, 2.75) is 12.9 Å². The van der Waals surface area contributed by atoms with E-state index in [1.54, 1.807) is 0 Å². The van der Waals surface area contributed by atoms with Crippen LogP contribution in [-0.2, 0) is 11.3 Å². The van der Waals surface area contributed by atoms with Crippen LogP contribution in [0, 0.1) is 0 Å². The zero-order valence-corrected chi connectivity index (χ0v) is 9.25. The summed E-state index contributed by atoms with van der Waals surface area (Å²) in [6.45, 7) is -0.144. The van der Waals surface area contributed by atoms with E-state index in [1.165, 1.54) is 0 Å². The summed E-state index contributed by atoms with van der Waals surface area (Å²) in [6, 6.07) is 0. The third-order valence-corrected chi connectivity index (χ3v) is 1.97. The fourth-order valence-electron chi connectivity index (χ4n) is 1.17. The number of aromatic nitrogens is 1. The number of nitrogens with two attached hydrogens (primary N) is 2. The molecule has 0 aliphatic heterocycles. The van der Waals surface area contributed by atoms with Crippen LogP contribution in [0.25, 0.3) is 0 Å². The molecule has 0 unspecified atom stereocenters. The number of hydrogen-bond acceptors (Lipinski definition) is 6. The smallest absolute Gasteiger partial charge is 0.464 e. The molecule has 100 valence electrons. The van der Waals surface area contributed by atoms with Gasteiger partial charge in [0.05, 0.1) is 12.8 Å². The predicted molar refractivity (Wildman–Crippen MR) is 54.6 cm³/mol. The van der Waals surface area contributed by atoms with Crippen molar-refractivity contribution in [3.63, 3.8) is 0 Å². The highest BCUT2D eigenvalue weighted by Gasteiger charge is 2.35. The molecule has 6 nitrogen and oxygen atoms in total. The highest BCUT2D eigenvalue weighted by molar-refractivity contribution is 5.92. The second-order valence-corrected chi connectivity index (χ2v) is 3.12. The lowest BCUT2D eigenvalue weighted by Gasteiger charge is -2.15. The van der Waals surface area contributed by atoms with E-state index in [0.29, 0.717) is 0 Å². The Labute approximate surface area is 99.7 Å². The average molecular weight is 265 g/mol. The van der Waals surface area contributed by atoms with E-state index in [0.717, 1.165) is 13.3 Å². The molecule has 0 spiro atoms. The average Bonchev–Trinajstić information content (AvgIpc) is 2.29. The van der Waals surface area contributed by atoms with Crippen LogP contribution in [0.3, 0.4) is 0 Å². The molecule has 0 aromatic carbocycles. The molecule has 0 radical (unpaired) electrons. The fraction of sp³-hybridized carbons (Fsp3) is 0.333. The minimum atomic E-state index is -5.01. The van der Waals surface area contributed by atoms with Crippen molar-refractivity contribution in [1.82, 2.24) is 4.98 Å². The second kappa shape index (κ2) is 5.08. The summed E-state index contributed by atoms with van der Waals surface area (Å²) < 4.78 is 44.6. The first-order valence-electron chi connectivity index (χ1n) is 4.61. The molecule has 1 aromatic heterocycles. The van der Waals surface area contributed by atoms with E-state index in [2.05, 4.69) is 14.5 Å². The van der Waals surface area contributed by atoms with Crippen LogP contribution in [0.4, 0.5) is 18.9 Å². The number of pyridine rings is 1. The van der Waals surface area contributed by atoms with E-state index in [-0.39, 0.29) is 12.1 Å². The number of methoxy groups -OCH3 is 1. The van der Waals surface area contributed by atoms with Crippen LogP contribution in [0.5, 0.6) is 5.75 Å². The summed E-state index contributed by atoms with van der Waals surface area (Å²) in [5.74, 6) is -2.00. The molecule has 9 heteroatoms. The highest BCUT2D eigenvalue weighted by Crippen LogP contribution is 2.33. The lowest BCUT2D eigenvalue weighted by molar-refractivity contribution is -0.274. The van der Waals surface area contributed by atoms with Gasteiger partial charge in [0.2, 0.25) is 0 Å². The van der Waals surface area contributed by atoms with Gasteiger partial charge in [0.15, 0.2) is 11.4 Å². The van der Waals surface area contributed by atoms with Crippen molar-refractivity contribution in [3.8, 4) is 5.75 Å². The molecule has 1 heterocycles. The van der Waals surface area contributed by atoms with E-state index in [1.807, 2.05) is 0 Å². The largest absolute Gasteiger partial charge is 0.573 e. The Morgan fingerprint density at radius 1 is 1.50 bits per heavy atom. The summed E-state index contributed by atoms with van der Waals surface area (Å²) >= 11 is 0. The number of carbonyl (C=O) groups excluding carboxylic acids is 1. The van der Waals surface area contributed by atoms with Crippen molar-refractivity contribution in [2.24, 2.45) is 5.73 Å². The number of hydrogen-bond donors (Lipinski definition) is 2. The van der Waals surface area contributed by atoms with E-state index in [9.17, 15) is 18.0 Å². The van der Waals surface area contributed by atoms with Crippen LogP contribution in [0.15, 0.2) is 6.20 Å². The van der Waals surface area contributed by atoms with Crippen LogP contribution in [-0.4, -0.2) is 24.4 Å². The maximum atomic E-state index is 12.2. The molecule has 0 saturated heterocycles. The number of anilines is 1. The molecule has 18 heavy (non-hydrogen) atoms. The molecule has 0 amide bonds. The number of ether oxygens (including phenoxy) is 2. The Morgan fingerprint density at radius 3 is 2.56 bits per heavy atom. The van der Waals surface area contributed by atoms with Gasteiger partial charge in [0.25, 0.3) is 0 Å². The van der Waals surface area contributed by atoms with Crippen LogP contribution in [0.1, 0.15) is 16.1 Å². The normalized spacial score (nSPS) is 11.2. The van der Waals surface area contributed by atoms with Crippen molar-refractivity contribution in [2.75, 3.05) is 12.8 Å². The molecular weight excluding hydrogens is 255 g/mol. The minimum absolute atomic E-state index is 0.127. The first-order chi connectivity index (χ1) is 8.30. The maximum Gasteiger partial charge on any atom is 0.573 e. The van der Waals surface area contributed by atoms with Crippen LogP contribution < -0.4 is 16.2 Å². The van der Waals surface area contributed by atoms with Crippen molar-refractivity contribution < 1.29 is 27.4 Å². The number of esters is 1. The van der Waals surface area contributed by atoms with Gasteiger partial charge in [-0.3, -0.25) is 0 Å². The van der Waals surface area contributed by atoms with Gasteiger partial charge in [-0.15, -0.1) is 13.2 Å². The number of rotatable bonds is 3. The zero-order valence-electron chi connectivity index (χ0n) is 9.25. The summed E-state index contributed by atoms with van der Waals surface area (Å²) in [5, 5.41) is 0. The van der Waals surface area contributed by atoms with Crippen molar-refractivity contribution in [1.29, 1.82) is 0 Å². The van der Waals surface area contributed by atoms with E-state index >= 15 is 0 Å². The molecule has 0 atom stereocenters. The van der Waals surface area contributed by atoms with Gasteiger partial charge in [-0.25, -0.2) is 9.78 Å². The summed E-state index contributed by atoms with van der Waals surface area (Å²) in [5.41, 5.74) is 9.78. The summed E-state index contributed by atoms with van der Waals surface area (Å²) in [7, 11) is 0.994. The predicted octanol–water partition coefficient (Wildman–Crippen LogP) is 0.808. The van der Waals surface area contributed by atoms with Crippen LogP contribution >= 0.6 is 0 Å². The number of nitrogen functional groups attached to an aromatic ring is 1. The zero-order chi connectivity index (χ0) is 13.9. The third kappa shape index (κ3) is 3.00. The fourth-order valence-corrected chi connectivity index (χ4v) is 1.17. The van der Waals surface area contributed by atoms with Gasteiger partial charge >= 0.3 is 12.3 Å². The Hall–Kier alpha value is -2.03. The first kappa shape index (κ1) is 14.0. The quantitative estimate of drug-likeness (QED) is 0.784. The molecule has 1 rings (SSSR count). The minimum Gasteiger partial charge on any atom is -0.464 e. The maximum absolute atomic E-state index is 12.2. The topological polar surface area (TPSA) is 100 Å². The van der Waals surface area contributed by atoms with Gasteiger partial charge in [-0.1, -0.05) is 0 Å². The third-order valence-electron chi connectivity index (χ3n) is 1.97. The number of alkyl halides is 3. The Bertz CT molecular complexity index is 462. The monoisotopic (exact) mass is 265 g/mol. The van der Waals surface area contributed by atoms with E-state index < -0.39 is 29.5 Å². The highest BCUT2D eigenvalue weighted by atomic mass is 19.4. The molecule has 1 aromatic rings. The van der Waals surface area contributed by atoms with Crippen molar-refractivity contribution >= 4 is 11.7 Å². The molecule has 0 aliphatic rings. The van der Waals surface area contributed by atoms with Gasteiger partial charge < -0.3 is 20.9 Å². The number of halogens is 3. The van der Waals surface area contributed by atoms with Crippen LogP contribution in [0.2, 0.25) is 0 Å². The summed E-state index contributed by atoms with van der Waals surface area (Å²) in [4.78, 5) is 14.8. The SMILES string of the molecule is COC(=O)c1ncc(CN)c(N)c1OC(F)(F)F. The first-order valence-corrected chi connectivity index (χ1v) is 4.61. The second-order valence-electron chi connectivity index (χ2n) is 3.12. The van der Waals surface area contributed by atoms with Gasteiger partial charge in [0, 0.05) is 18.3 Å². The molecule has 4 N–H and O–H groups in total. The standard InChI is InChI=1S/C9H10F3N3O3/c1-17-8(16)6-7(18-9(10,11)12)5(14)4(2-13)3-15-6/h3H,2,13H2,1H3,(H2,14,15). The molecule has 0 fully saturated rings.